The second-order valence-electron chi connectivity index (χ2n) is 4.09. The van der Waals surface area contributed by atoms with E-state index in [0.717, 1.165) is 23.9 Å². The number of thiocarbonyl (C=S) groups is 1. The Kier molecular flexibility index (Phi) is 3.07. The van der Waals surface area contributed by atoms with Gasteiger partial charge in [-0.15, -0.1) is 5.10 Å². The lowest BCUT2D eigenvalue weighted by Crippen LogP contribution is -2.25. The van der Waals surface area contributed by atoms with Crippen LogP contribution in [0.5, 0.6) is 0 Å². The van der Waals surface area contributed by atoms with Gasteiger partial charge in [0.1, 0.15) is 17.2 Å². The van der Waals surface area contributed by atoms with Crippen LogP contribution < -0.4 is 5.73 Å². The first-order chi connectivity index (χ1) is 7.88. The van der Waals surface area contributed by atoms with Gasteiger partial charge in [0.15, 0.2) is 0 Å². The molecule has 0 unspecified atom stereocenters. The third kappa shape index (κ3) is 2.56. The Morgan fingerprint density at radius 1 is 1.47 bits per heavy atom. The summed E-state index contributed by atoms with van der Waals surface area (Å²) < 4.78 is 38.0. The molecular formula is C9H11F3N4S. The summed E-state index contributed by atoms with van der Waals surface area (Å²) in [6.45, 7) is -1.14. The van der Waals surface area contributed by atoms with E-state index in [0.29, 0.717) is 5.69 Å². The van der Waals surface area contributed by atoms with Gasteiger partial charge in [-0.05, 0) is 12.8 Å². The summed E-state index contributed by atoms with van der Waals surface area (Å²) in [5, 5.41) is 7.15. The molecule has 0 radical (unpaired) electrons. The maximum atomic E-state index is 12.4. The van der Waals surface area contributed by atoms with Crippen molar-refractivity contribution in [2.45, 2.75) is 37.9 Å². The fourth-order valence-corrected chi connectivity index (χ4v) is 2.01. The van der Waals surface area contributed by atoms with Crippen molar-refractivity contribution < 1.29 is 13.2 Å². The zero-order chi connectivity index (χ0) is 12.6. The number of nitrogens with zero attached hydrogens (tertiary/aromatic N) is 3. The topological polar surface area (TPSA) is 56.7 Å². The van der Waals surface area contributed by atoms with Crippen LogP contribution in [-0.4, -0.2) is 26.2 Å². The largest absolute Gasteiger partial charge is 0.408 e. The Morgan fingerprint density at radius 2 is 2.12 bits per heavy atom. The van der Waals surface area contributed by atoms with Crippen LogP contribution in [0.15, 0.2) is 0 Å². The van der Waals surface area contributed by atoms with E-state index in [1.807, 2.05) is 0 Å². The lowest BCUT2D eigenvalue weighted by atomic mass is 9.82. The molecule has 0 aromatic carbocycles. The van der Waals surface area contributed by atoms with Crippen LogP contribution in [0.4, 0.5) is 13.2 Å². The van der Waals surface area contributed by atoms with Crippen molar-refractivity contribution in [3.8, 4) is 0 Å². The number of aromatic nitrogens is 3. The number of nitrogens with two attached hydrogens (primary N) is 1. The van der Waals surface area contributed by atoms with Crippen molar-refractivity contribution >= 4 is 17.2 Å². The molecule has 1 aromatic heterocycles. The molecule has 1 fully saturated rings. The van der Waals surface area contributed by atoms with Crippen LogP contribution in [0.25, 0.3) is 0 Å². The highest BCUT2D eigenvalue weighted by Gasteiger charge is 2.34. The number of hydrogen-bond donors (Lipinski definition) is 1. The highest BCUT2D eigenvalue weighted by molar-refractivity contribution is 7.80. The van der Waals surface area contributed by atoms with Crippen molar-refractivity contribution in [3.63, 3.8) is 0 Å². The smallest absolute Gasteiger partial charge is 0.388 e. The number of alkyl halides is 3. The van der Waals surface area contributed by atoms with Crippen LogP contribution in [0.1, 0.15) is 36.6 Å². The Labute approximate surface area is 101 Å². The average Bonchev–Trinajstić information content (AvgIpc) is 2.43. The molecule has 2 rings (SSSR count). The monoisotopic (exact) mass is 264 g/mol. The Hall–Kier alpha value is -1.18. The highest BCUT2D eigenvalue weighted by atomic mass is 32.1. The minimum absolute atomic E-state index is 0.000300. The third-order valence-corrected chi connectivity index (χ3v) is 3.02. The summed E-state index contributed by atoms with van der Waals surface area (Å²) in [5.74, 6) is 0.0452. The van der Waals surface area contributed by atoms with Gasteiger partial charge in [-0.1, -0.05) is 23.9 Å². The molecule has 8 heteroatoms. The molecule has 4 nitrogen and oxygen atoms in total. The molecule has 1 heterocycles. The van der Waals surface area contributed by atoms with E-state index in [4.69, 9.17) is 18.0 Å². The van der Waals surface area contributed by atoms with E-state index in [2.05, 4.69) is 10.3 Å². The molecule has 0 atom stereocenters. The minimum atomic E-state index is -4.32. The number of rotatable bonds is 3. The molecule has 2 N–H and O–H groups in total. The van der Waals surface area contributed by atoms with Gasteiger partial charge in [-0.3, -0.25) is 0 Å². The standard InChI is InChI=1S/C9H11F3N4S/c10-9(11,12)4-16-7(5-2-1-3-5)6(8(13)17)14-15-16/h5H,1-4H2,(H2,13,17). The second-order valence-corrected chi connectivity index (χ2v) is 4.53. The predicted molar refractivity (Wildman–Crippen MR) is 58.6 cm³/mol. The van der Waals surface area contributed by atoms with Crippen LogP contribution in [0.2, 0.25) is 0 Å². The SMILES string of the molecule is NC(=S)c1nnn(CC(F)(F)F)c1C1CCC1. The molecule has 0 aliphatic heterocycles. The van der Waals surface area contributed by atoms with Crippen molar-refractivity contribution in [3.05, 3.63) is 11.4 Å². The van der Waals surface area contributed by atoms with E-state index in [1.165, 1.54) is 0 Å². The van der Waals surface area contributed by atoms with E-state index in [1.54, 1.807) is 0 Å². The number of hydrogen-bond acceptors (Lipinski definition) is 3. The van der Waals surface area contributed by atoms with Gasteiger partial charge in [0.25, 0.3) is 0 Å². The predicted octanol–water partition coefficient (Wildman–Crippen LogP) is 1.74. The van der Waals surface area contributed by atoms with Crippen molar-refractivity contribution in [1.29, 1.82) is 0 Å². The molecule has 94 valence electrons. The first-order valence-corrected chi connectivity index (χ1v) is 5.59. The fraction of sp³-hybridized carbons (Fsp3) is 0.667. The molecular weight excluding hydrogens is 253 g/mol. The summed E-state index contributed by atoms with van der Waals surface area (Å²) >= 11 is 4.78. The molecule has 1 aliphatic carbocycles. The summed E-state index contributed by atoms with van der Waals surface area (Å²) in [5.41, 5.74) is 6.10. The summed E-state index contributed by atoms with van der Waals surface area (Å²) in [4.78, 5) is 0.000300. The maximum Gasteiger partial charge on any atom is 0.408 e. The van der Waals surface area contributed by atoms with Gasteiger partial charge < -0.3 is 5.73 Å². The van der Waals surface area contributed by atoms with Crippen molar-refractivity contribution in [2.75, 3.05) is 0 Å². The lowest BCUT2D eigenvalue weighted by Gasteiger charge is -2.26. The van der Waals surface area contributed by atoms with Crippen LogP contribution in [-0.2, 0) is 6.54 Å². The molecule has 0 spiro atoms. The molecule has 1 saturated carbocycles. The normalized spacial score (nSPS) is 16.9. The highest BCUT2D eigenvalue weighted by Crippen LogP contribution is 2.38. The van der Waals surface area contributed by atoms with Gasteiger partial charge in [-0.25, -0.2) is 4.68 Å². The van der Waals surface area contributed by atoms with Gasteiger partial charge in [-0.2, -0.15) is 13.2 Å². The Bertz CT molecular complexity index is 436. The molecule has 17 heavy (non-hydrogen) atoms. The fourth-order valence-electron chi connectivity index (χ4n) is 1.87. The molecule has 1 aliphatic rings. The second kappa shape index (κ2) is 4.25. The lowest BCUT2D eigenvalue weighted by molar-refractivity contribution is -0.143. The van der Waals surface area contributed by atoms with E-state index < -0.39 is 12.7 Å². The quantitative estimate of drug-likeness (QED) is 0.845. The van der Waals surface area contributed by atoms with Crippen molar-refractivity contribution in [1.82, 2.24) is 15.0 Å². The first-order valence-electron chi connectivity index (χ1n) is 5.18. The van der Waals surface area contributed by atoms with Gasteiger partial charge in [0.2, 0.25) is 0 Å². The molecule has 0 amide bonds. The van der Waals surface area contributed by atoms with E-state index >= 15 is 0 Å². The van der Waals surface area contributed by atoms with Crippen molar-refractivity contribution in [2.24, 2.45) is 5.73 Å². The Balaban J connectivity index is 2.34. The van der Waals surface area contributed by atoms with E-state index in [9.17, 15) is 13.2 Å². The zero-order valence-corrected chi connectivity index (χ0v) is 9.68. The first kappa shape index (κ1) is 12.3. The summed E-state index contributed by atoms with van der Waals surface area (Å²) in [6, 6.07) is 0. The van der Waals surface area contributed by atoms with Gasteiger partial charge >= 0.3 is 6.18 Å². The van der Waals surface area contributed by atoms with Gasteiger partial charge in [0.05, 0.1) is 5.69 Å². The Morgan fingerprint density at radius 3 is 2.53 bits per heavy atom. The van der Waals surface area contributed by atoms with Crippen LogP contribution in [0.3, 0.4) is 0 Å². The van der Waals surface area contributed by atoms with Gasteiger partial charge in [0, 0.05) is 5.92 Å². The minimum Gasteiger partial charge on any atom is -0.388 e. The summed E-state index contributed by atoms with van der Waals surface area (Å²) in [6.07, 6.45) is -1.65. The number of halogens is 3. The zero-order valence-electron chi connectivity index (χ0n) is 8.87. The average molecular weight is 264 g/mol. The summed E-state index contributed by atoms with van der Waals surface area (Å²) in [7, 11) is 0. The maximum absolute atomic E-state index is 12.4. The third-order valence-electron chi connectivity index (χ3n) is 2.83. The van der Waals surface area contributed by atoms with E-state index in [-0.39, 0.29) is 16.6 Å². The van der Waals surface area contributed by atoms with Crippen LogP contribution >= 0.6 is 12.2 Å². The van der Waals surface area contributed by atoms with Crippen LogP contribution in [0, 0.1) is 0 Å². The molecule has 0 bridgehead atoms. The molecule has 1 aromatic rings. The molecule has 0 saturated heterocycles.